The van der Waals surface area contributed by atoms with Crippen molar-refractivity contribution in [1.82, 2.24) is 4.90 Å². The summed E-state index contributed by atoms with van der Waals surface area (Å²) in [6, 6.07) is 0. The van der Waals surface area contributed by atoms with E-state index < -0.39 is 0 Å². The number of nitrogens with zero attached hydrogens (tertiary/aromatic N) is 2. The van der Waals surface area contributed by atoms with Crippen LogP contribution in [0.3, 0.4) is 0 Å². The average Bonchev–Trinajstić information content (AvgIpc) is 2.71. The highest BCUT2D eigenvalue weighted by Crippen LogP contribution is 2.25. The van der Waals surface area contributed by atoms with Crippen molar-refractivity contribution in [3.05, 3.63) is 0 Å². The summed E-state index contributed by atoms with van der Waals surface area (Å²) in [7, 11) is 0. The van der Waals surface area contributed by atoms with Crippen LogP contribution in [0, 0.1) is 5.92 Å². The lowest BCUT2D eigenvalue weighted by molar-refractivity contribution is -0.124. The van der Waals surface area contributed by atoms with Gasteiger partial charge in [0.05, 0.1) is 5.75 Å². The smallest absolute Gasteiger partial charge is 0.258 e. The zero-order chi connectivity index (χ0) is 10.1. The molecule has 0 N–H and O–H groups in total. The van der Waals surface area contributed by atoms with E-state index in [2.05, 4.69) is 17.6 Å². The summed E-state index contributed by atoms with van der Waals surface area (Å²) >= 11 is 5.51. The second-order valence-corrected chi connectivity index (χ2v) is 4.64. The molecule has 4 nitrogen and oxygen atoms in total. The summed E-state index contributed by atoms with van der Waals surface area (Å²) in [6.07, 6.45) is 0.525. The lowest BCUT2D eigenvalue weighted by Crippen LogP contribution is -2.29. The summed E-state index contributed by atoms with van der Waals surface area (Å²) in [5.74, 6) is 1.28. The molecule has 1 fully saturated rings. The van der Waals surface area contributed by atoms with Crippen LogP contribution in [-0.2, 0) is 9.59 Å². The van der Waals surface area contributed by atoms with Crippen molar-refractivity contribution in [2.24, 2.45) is 10.9 Å². The highest BCUT2D eigenvalue weighted by molar-refractivity contribution is 8.14. The van der Waals surface area contributed by atoms with Crippen LogP contribution < -0.4 is 0 Å². The molecule has 0 saturated carbocycles. The molecule has 0 aliphatic carbocycles. The molecule has 0 spiro atoms. The molecule has 2 aliphatic heterocycles. The zero-order valence-corrected chi connectivity index (χ0v) is 9.18. The molecule has 76 valence electrons. The Morgan fingerprint density at radius 2 is 2.36 bits per heavy atom. The normalized spacial score (nSPS) is 27.4. The van der Waals surface area contributed by atoms with Gasteiger partial charge in [0.2, 0.25) is 5.91 Å². The van der Waals surface area contributed by atoms with Gasteiger partial charge in [-0.2, -0.15) is 17.6 Å². The molecule has 2 heterocycles. The van der Waals surface area contributed by atoms with Crippen LogP contribution in [0.1, 0.15) is 6.42 Å². The van der Waals surface area contributed by atoms with Crippen molar-refractivity contribution in [2.45, 2.75) is 6.42 Å². The first-order valence-electron chi connectivity index (χ1n) is 4.36. The van der Waals surface area contributed by atoms with E-state index in [1.165, 1.54) is 11.8 Å². The maximum absolute atomic E-state index is 11.5. The number of aliphatic imine (C=N–C) groups is 1. The Morgan fingerprint density at radius 1 is 1.57 bits per heavy atom. The van der Waals surface area contributed by atoms with Gasteiger partial charge in [-0.05, 0) is 11.7 Å². The molecule has 2 amide bonds. The quantitative estimate of drug-likeness (QED) is 0.663. The number of hydrogen-bond donors (Lipinski definition) is 1. The molecule has 0 radical (unpaired) electrons. The number of rotatable bonds is 1. The number of amidine groups is 1. The highest BCUT2D eigenvalue weighted by atomic mass is 32.2. The van der Waals surface area contributed by atoms with Crippen molar-refractivity contribution in [1.29, 1.82) is 0 Å². The minimum atomic E-state index is -0.146. The molecule has 0 aromatic rings. The van der Waals surface area contributed by atoms with Crippen molar-refractivity contribution in [2.75, 3.05) is 18.1 Å². The van der Waals surface area contributed by atoms with Gasteiger partial charge in [-0.3, -0.25) is 14.5 Å². The third-order valence-electron chi connectivity index (χ3n) is 2.24. The molecule has 1 atom stereocenters. The molecule has 2 aliphatic rings. The van der Waals surface area contributed by atoms with Gasteiger partial charge in [-0.25, -0.2) is 0 Å². The van der Waals surface area contributed by atoms with Crippen LogP contribution in [0.5, 0.6) is 0 Å². The fourth-order valence-corrected chi connectivity index (χ4v) is 2.58. The van der Waals surface area contributed by atoms with Gasteiger partial charge in [-0.15, -0.1) is 0 Å². The van der Waals surface area contributed by atoms with Gasteiger partial charge < -0.3 is 0 Å². The van der Waals surface area contributed by atoms with Crippen LogP contribution in [0.2, 0.25) is 0 Å². The van der Waals surface area contributed by atoms with E-state index in [0.717, 1.165) is 0 Å². The number of carbonyl (C=O) groups is 2. The van der Waals surface area contributed by atoms with Crippen molar-refractivity contribution in [3.63, 3.8) is 0 Å². The van der Waals surface area contributed by atoms with Gasteiger partial charge in [0.15, 0.2) is 5.17 Å². The molecule has 2 rings (SSSR count). The first kappa shape index (κ1) is 10.0. The molecular formula is C8H10N2O2S2. The Balaban J connectivity index is 2.09. The number of carbonyl (C=O) groups excluding carboxylic acids is 2. The van der Waals surface area contributed by atoms with Crippen LogP contribution in [0.4, 0.5) is 0 Å². The number of thioether (sulfide) groups is 1. The lowest BCUT2D eigenvalue weighted by Gasteiger charge is -2.13. The number of likely N-dealkylation sites (tertiary alicyclic amines) is 1. The molecule has 14 heavy (non-hydrogen) atoms. The summed E-state index contributed by atoms with van der Waals surface area (Å²) in [4.78, 5) is 27.8. The van der Waals surface area contributed by atoms with Gasteiger partial charge in [0.25, 0.3) is 5.91 Å². The standard InChI is InChI=1S/C8H10N2O2S2/c11-6-4-14-8(9-6)10-2-5(3-13)1-7(10)12/h5,13H,1-4H2. The number of amides is 2. The fraction of sp³-hybridized carbons (Fsp3) is 0.625. The summed E-state index contributed by atoms with van der Waals surface area (Å²) < 4.78 is 0. The second kappa shape index (κ2) is 3.94. The molecule has 1 saturated heterocycles. The van der Waals surface area contributed by atoms with E-state index in [-0.39, 0.29) is 11.8 Å². The second-order valence-electron chi connectivity index (χ2n) is 3.33. The third-order valence-corrected chi connectivity index (χ3v) is 3.72. The SMILES string of the molecule is O=C1CSC(N2CC(CS)CC2=O)=N1. The Kier molecular flexibility index (Phi) is 2.83. The predicted octanol–water partition coefficient (Wildman–Crippen LogP) is 0.394. The average molecular weight is 230 g/mol. The molecular weight excluding hydrogens is 220 g/mol. The predicted molar refractivity (Wildman–Crippen MR) is 58.6 cm³/mol. The summed E-state index contributed by atoms with van der Waals surface area (Å²) in [5.41, 5.74) is 0. The first-order chi connectivity index (χ1) is 6.70. The first-order valence-corrected chi connectivity index (χ1v) is 5.98. The maximum Gasteiger partial charge on any atom is 0.258 e. The van der Waals surface area contributed by atoms with E-state index in [1.807, 2.05) is 0 Å². The maximum atomic E-state index is 11.5. The van der Waals surface area contributed by atoms with Gasteiger partial charge in [0.1, 0.15) is 0 Å². The van der Waals surface area contributed by atoms with Gasteiger partial charge in [0, 0.05) is 13.0 Å². The fourth-order valence-electron chi connectivity index (χ4n) is 1.52. The zero-order valence-electron chi connectivity index (χ0n) is 7.47. The Morgan fingerprint density at radius 3 is 2.86 bits per heavy atom. The van der Waals surface area contributed by atoms with Crippen molar-refractivity contribution >= 4 is 41.4 Å². The van der Waals surface area contributed by atoms with Crippen LogP contribution in [0.15, 0.2) is 4.99 Å². The molecule has 0 bridgehead atoms. The Hall–Kier alpha value is -0.490. The Bertz CT molecular complexity index is 316. The van der Waals surface area contributed by atoms with E-state index >= 15 is 0 Å². The summed E-state index contributed by atoms with van der Waals surface area (Å²) in [6.45, 7) is 0.654. The van der Waals surface area contributed by atoms with Crippen LogP contribution >= 0.6 is 24.4 Å². The number of thiol groups is 1. The minimum Gasteiger partial charge on any atom is -0.291 e. The van der Waals surface area contributed by atoms with E-state index in [1.54, 1.807) is 4.90 Å². The minimum absolute atomic E-state index is 0.0602. The Labute approximate surface area is 91.5 Å². The topological polar surface area (TPSA) is 49.7 Å². The van der Waals surface area contributed by atoms with E-state index in [0.29, 0.717) is 35.6 Å². The van der Waals surface area contributed by atoms with Gasteiger partial charge in [-0.1, -0.05) is 11.8 Å². The summed E-state index contributed by atoms with van der Waals surface area (Å²) in [5, 5.41) is 0.573. The van der Waals surface area contributed by atoms with E-state index in [4.69, 9.17) is 0 Å². The van der Waals surface area contributed by atoms with E-state index in [9.17, 15) is 9.59 Å². The monoisotopic (exact) mass is 230 g/mol. The number of hydrogen-bond acceptors (Lipinski definition) is 4. The van der Waals surface area contributed by atoms with Crippen molar-refractivity contribution in [3.8, 4) is 0 Å². The molecule has 6 heteroatoms. The highest BCUT2D eigenvalue weighted by Gasteiger charge is 2.34. The largest absolute Gasteiger partial charge is 0.291 e. The van der Waals surface area contributed by atoms with Gasteiger partial charge >= 0.3 is 0 Å². The van der Waals surface area contributed by atoms with Crippen molar-refractivity contribution < 1.29 is 9.59 Å². The lowest BCUT2D eigenvalue weighted by atomic mass is 10.1. The van der Waals surface area contributed by atoms with Crippen LogP contribution in [0.25, 0.3) is 0 Å². The molecule has 0 aromatic carbocycles. The molecule has 1 unspecified atom stereocenters. The van der Waals surface area contributed by atoms with Crippen LogP contribution in [-0.4, -0.2) is 39.9 Å². The molecule has 0 aromatic heterocycles. The third kappa shape index (κ3) is 1.81.